The molecular formula is C87H72IrN3. The third kappa shape index (κ3) is 13.0. The van der Waals surface area contributed by atoms with Crippen LogP contribution in [0.15, 0.2) is 273 Å². The molecule has 3 nitrogen and oxygen atoms in total. The summed E-state index contributed by atoms with van der Waals surface area (Å²) in [5.41, 5.74) is 28.8. The molecule has 13 aromatic rings. The summed E-state index contributed by atoms with van der Waals surface area (Å²) in [6.45, 7) is 20.1. The normalized spacial score (nSPS) is 11.7. The van der Waals surface area contributed by atoms with E-state index in [1.807, 2.05) is 18.6 Å². The Balaban J connectivity index is 0.00000800. The van der Waals surface area contributed by atoms with E-state index in [-0.39, 0.29) is 36.4 Å². The molecule has 13 rings (SSSR count). The molecule has 3 heterocycles. The molecule has 0 aliphatic heterocycles. The van der Waals surface area contributed by atoms with Crippen LogP contribution in [-0.2, 0) is 36.4 Å². The first-order valence-electron chi connectivity index (χ1n) is 31.2. The minimum Gasteiger partial charge on any atom is -0.305 e. The molecule has 0 amide bonds. The summed E-state index contributed by atoms with van der Waals surface area (Å²) in [6.07, 6.45) is 5.86. The zero-order valence-electron chi connectivity index (χ0n) is 53.2. The fourth-order valence-corrected chi connectivity index (χ4v) is 12.2. The van der Waals surface area contributed by atoms with E-state index in [1.165, 1.54) is 16.7 Å². The molecule has 0 N–H and O–H groups in total. The Bertz CT molecular complexity index is 4530. The van der Waals surface area contributed by atoms with E-state index in [2.05, 4.69) is 335 Å². The van der Waals surface area contributed by atoms with E-state index >= 15 is 0 Å². The Morgan fingerprint density at radius 1 is 0.242 bits per heavy atom. The minimum atomic E-state index is -0.0400. The number of rotatable bonds is 12. The van der Waals surface area contributed by atoms with Crippen LogP contribution in [0.3, 0.4) is 0 Å². The summed E-state index contributed by atoms with van der Waals surface area (Å²) in [5.74, 6) is 0. The maximum atomic E-state index is 5.02. The van der Waals surface area contributed by atoms with Crippen molar-refractivity contribution in [2.75, 3.05) is 0 Å². The van der Waals surface area contributed by atoms with Crippen molar-refractivity contribution in [1.82, 2.24) is 15.0 Å². The van der Waals surface area contributed by atoms with E-state index in [0.717, 1.165) is 134 Å². The first-order chi connectivity index (χ1) is 43.5. The fraction of sp³-hybridized carbons (Fsp3) is 0.138. The second kappa shape index (κ2) is 25.7. The fourth-order valence-electron chi connectivity index (χ4n) is 12.2. The van der Waals surface area contributed by atoms with Crippen molar-refractivity contribution >= 4 is 0 Å². The number of aromatic nitrogens is 3. The van der Waals surface area contributed by atoms with E-state index in [1.54, 1.807) is 0 Å². The Morgan fingerprint density at radius 3 is 0.857 bits per heavy atom. The van der Waals surface area contributed by atoms with Gasteiger partial charge in [0.25, 0.3) is 0 Å². The molecule has 0 radical (unpaired) electrons. The van der Waals surface area contributed by atoms with Crippen molar-refractivity contribution in [3.8, 4) is 134 Å². The maximum Gasteiger partial charge on any atom is 3.00 e. The van der Waals surface area contributed by atoms with Gasteiger partial charge >= 0.3 is 20.1 Å². The van der Waals surface area contributed by atoms with Gasteiger partial charge in [0.2, 0.25) is 0 Å². The average molecular weight is 1350 g/mol. The predicted octanol–water partition coefficient (Wildman–Crippen LogP) is 23.2. The van der Waals surface area contributed by atoms with Gasteiger partial charge in [0.15, 0.2) is 0 Å². The van der Waals surface area contributed by atoms with Gasteiger partial charge in [-0.1, -0.05) is 300 Å². The van der Waals surface area contributed by atoms with E-state index in [9.17, 15) is 0 Å². The molecule has 0 spiro atoms. The molecule has 0 unspecified atom stereocenters. The van der Waals surface area contributed by atoms with Gasteiger partial charge in [0.1, 0.15) is 0 Å². The number of hydrogen-bond donors (Lipinski definition) is 0. The van der Waals surface area contributed by atoms with Gasteiger partial charge in [-0.3, -0.25) is 0 Å². The Hall–Kier alpha value is -9.70. The topological polar surface area (TPSA) is 38.7 Å². The quantitative estimate of drug-likeness (QED) is 0.114. The Morgan fingerprint density at radius 2 is 0.549 bits per heavy atom. The van der Waals surface area contributed by atoms with Crippen LogP contribution < -0.4 is 0 Å². The number of nitrogens with zero attached hydrogens (tertiary/aromatic N) is 3. The van der Waals surface area contributed by atoms with Crippen LogP contribution in [-0.4, -0.2) is 15.0 Å². The smallest absolute Gasteiger partial charge is 0.305 e. The number of benzene rings is 10. The summed E-state index contributed by atoms with van der Waals surface area (Å²) in [6, 6.07) is 104. The SMILES string of the molecule is CC(C)(C)c1ccc(-c2[c-]cc(-c3ccccc3-c3cc(-c4ccccc4-c4c[c-]c(-c5cc(C(C)(C)C)ccn5)cc4-c4ccccc4)cc(-c4ccccc4-c4c[c-]c(-c5cc(C(C)(C)C)ccn5)cc4-c4ccccc4)c3)c(-c3ccccc3)c2)nc1.[Ir+3]. The minimum absolute atomic E-state index is 0. The second-order valence-electron chi connectivity index (χ2n) is 26.6. The van der Waals surface area contributed by atoms with Crippen molar-refractivity contribution in [3.05, 3.63) is 308 Å². The van der Waals surface area contributed by atoms with E-state index < -0.39 is 0 Å². The molecule has 0 aliphatic rings. The van der Waals surface area contributed by atoms with Crippen LogP contribution in [0.1, 0.15) is 79.0 Å². The zero-order chi connectivity index (χ0) is 62.2. The average Bonchev–Trinajstić information content (AvgIpc) is 0.798. The molecule has 0 fully saturated rings. The van der Waals surface area contributed by atoms with Crippen LogP contribution in [0.25, 0.3) is 134 Å². The molecule has 10 aromatic carbocycles. The molecular weight excluding hydrogens is 1280 g/mol. The van der Waals surface area contributed by atoms with Gasteiger partial charge < -0.3 is 15.0 Å². The molecule has 3 aromatic heterocycles. The largest absolute Gasteiger partial charge is 3.00 e. The van der Waals surface area contributed by atoms with Crippen molar-refractivity contribution < 1.29 is 20.1 Å². The molecule has 0 aliphatic carbocycles. The standard InChI is InChI=1S/C87H72N3.Ir/c1-85(2,3)67-45-47-88-83(55-67)62-38-42-77(80(53-62)59-27-15-11-16-28-59)74-35-23-20-32-71(74)65-49-64(70-31-19-22-34-73(70)76-41-37-61(52-79(76)58-25-13-10-14-26-58)82-44-40-69(57-90-82)87(7,8)9)50-66(51-65)72-33-21-24-36-75(72)78-43-39-63(54-81(78)60-29-17-12-18-30-60)84-56-68(46-48-89-84)86(4,5)6;/h10-36,40-57H,1-9H3;/q-3;+3. The molecule has 0 saturated heterocycles. The molecule has 444 valence electrons. The van der Waals surface area contributed by atoms with Crippen molar-refractivity contribution in [2.45, 2.75) is 78.6 Å². The van der Waals surface area contributed by atoms with Gasteiger partial charge in [-0.15, -0.1) is 71.3 Å². The van der Waals surface area contributed by atoms with Gasteiger partial charge in [-0.2, -0.15) is 0 Å². The maximum absolute atomic E-state index is 5.02. The Labute approximate surface area is 552 Å². The first kappa shape index (κ1) is 61.5. The zero-order valence-corrected chi connectivity index (χ0v) is 55.6. The summed E-state index contributed by atoms with van der Waals surface area (Å²) in [4.78, 5) is 14.9. The Kier molecular flexibility index (Phi) is 17.3. The van der Waals surface area contributed by atoms with Crippen molar-refractivity contribution in [3.63, 3.8) is 0 Å². The molecule has 0 atom stereocenters. The van der Waals surface area contributed by atoms with Crippen LogP contribution in [0.5, 0.6) is 0 Å². The summed E-state index contributed by atoms with van der Waals surface area (Å²) < 4.78 is 0. The third-order valence-electron chi connectivity index (χ3n) is 17.3. The predicted molar refractivity (Wildman–Crippen MR) is 378 cm³/mol. The number of pyridine rings is 3. The monoisotopic (exact) mass is 1350 g/mol. The van der Waals surface area contributed by atoms with E-state index in [4.69, 9.17) is 15.0 Å². The van der Waals surface area contributed by atoms with Crippen LogP contribution >= 0.6 is 0 Å². The number of hydrogen-bond acceptors (Lipinski definition) is 3. The molecule has 4 heteroatoms. The van der Waals surface area contributed by atoms with Gasteiger partial charge in [0.05, 0.1) is 0 Å². The molecule has 0 bridgehead atoms. The van der Waals surface area contributed by atoms with Gasteiger partial charge in [-0.05, 0) is 130 Å². The van der Waals surface area contributed by atoms with Crippen molar-refractivity contribution in [2.24, 2.45) is 0 Å². The van der Waals surface area contributed by atoms with Gasteiger partial charge in [-0.25, -0.2) is 0 Å². The molecule has 0 saturated carbocycles. The first-order valence-corrected chi connectivity index (χ1v) is 31.2. The third-order valence-corrected chi connectivity index (χ3v) is 17.3. The van der Waals surface area contributed by atoms with Crippen LogP contribution in [0, 0.1) is 18.2 Å². The summed E-state index contributed by atoms with van der Waals surface area (Å²) in [5, 5.41) is 0. The van der Waals surface area contributed by atoms with E-state index in [0.29, 0.717) is 0 Å². The molecule has 91 heavy (non-hydrogen) atoms. The van der Waals surface area contributed by atoms with Crippen LogP contribution in [0.2, 0.25) is 0 Å². The second-order valence-corrected chi connectivity index (χ2v) is 26.6. The summed E-state index contributed by atoms with van der Waals surface area (Å²) in [7, 11) is 0. The van der Waals surface area contributed by atoms with Crippen molar-refractivity contribution in [1.29, 1.82) is 0 Å². The van der Waals surface area contributed by atoms with Gasteiger partial charge in [0, 0.05) is 18.6 Å². The van der Waals surface area contributed by atoms with Crippen LogP contribution in [0.4, 0.5) is 0 Å². The summed E-state index contributed by atoms with van der Waals surface area (Å²) >= 11 is 0.